The van der Waals surface area contributed by atoms with Gasteiger partial charge in [-0.3, -0.25) is 9.59 Å². The minimum Gasteiger partial charge on any atom is -0.481 e. The second-order valence-electron chi connectivity index (χ2n) is 3.91. The van der Waals surface area contributed by atoms with E-state index in [0.717, 1.165) is 0 Å². The van der Waals surface area contributed by atoms with Gasteiger partial charge in [0.05, 0.1) is 12.3 Å². The van der Waals surface area contributed by atoms with Crippen molar-refractivity contribution in [2.45, 2.75) is 38.6 Å². The summed E-state index contributed by atoms with van der Waals surface area (Å²) in [6, 6.07) is 3.41. The molecule has 0 aromatic carbocycles. The number of furan rings is 1. The quantitative estimate of drug-likeness (QED) is 0.714. The van der Waals surface area contributed by atoms with Crippen LogP contribution in [0.1, 0.15) is 44.4 Å². The van der Waals surface area contributed by atoms with Gasteiger partial charge in [0.25, 0.3) is 0 Å². The minimum absolute atomic E-state index is 0.0840. The molecule has 0 saturated carbocycles. The summed E-state index contributed by atoms with van der Waals surface area (Å²) in [6.07, 6.45) is 3.13. The van der Waals surface area contributed by atoms with E-state index >= 15 is 0 Å². The number of nitrogens with one attached hydrogen (secondary N) is 1. The fourth-order valence-corrected chi connectivity index (χ4v) is 1.48. The maximum atomic E-state index is 11.5. The number of hydrogen-bond donors (Lipinski definition) is 2. The maximum Gasteiger partial charge on any atom is 0.303 e. The molecule has 0 radical (unpaired) electrons. The normalized spacial score (nSPS) is 12.1. The summed E-state index contributed by atoms with van der Waals surface area (Å²) in [6.45, 7) is 1.84. The van der Waals surface area contributed by atoms with Crippen molar-refractivity contribution in [3.8, 4) is 0 Å². The molecule has 0 unspecified atom stereocenters. The van der Waals surface area contributed by atoms with Crippen LogP contribution in [0.3, 0.4) is 0 Å². The molecule has 1 aromatic heterocycles. The van der Waals surface area contributed by atoms with Crippen LogP contribution < -0.4 is 5.32 Å². The Hall–Kier alpha value is -1.78. The third kappa shape index (κ3) is 5.19. The monoisotopic (exact) mass is 239 g/mol. The Morgan fingerprint density at radius 1 is 1.41 bits per heavy atom. The van der Waals surface area contributed by atoms with Gasteiger partial charge in [-0.1, -0.05) is 0 Å². The van der Waals surface area contributed by atoms with Crippen molar-refractivity contribution in [2.75, 3.05) is 0 Å². The lowest BCUT2D eigenvalue weighted by molar-refractivity contribution is -0.137. The average Bonchev–Trinajstić information content (AvgIpc) is 2.77. The third-order valence-corrected chi connectivity index (χ3v) is 2.39. The van der Waals surface area contributed by atoms with E-state index in [1.807, 2.05) is 6.92 Å². The molecule has 0 aliphatic rings. The van der Waals surface area contributed by atoms with Gasteiger partial charge in [0.2, 0.25) is 5.91 Å². The first-order chi connectivity index (χ1) is 8.09. The van der Waals surface area contributed by atoms with Gasteiger partial charge < -0.3 is 14.8 Å². The summed E-state index contributed by atoms with van der Waals surface area (Å²) < 4.78 is 5.16. The number of unbranched alkanes of at least 4 members (excludes halogenated alkanes) is 1. The molecule has 5 heteroatoms. The predicted octanol–water partition coefficient (Wildman–Crippen LogP) is 2.10. The number of carbonyl (C=O) groups is 2. The standard InChI is InChI=1S/C12H17NO4/c1-9(10-5-4-8-17-10)13-11(14)6-2-3-7-12(15)16/h4-5,8-9H,2-3,6-7H2,1H3,(H,13,14)(H,15,16)/t9-/m1/s1. The largest absolute Gasteiger partial charge is 0.481 e. The molecular formula is C12H17NO4. The molecule has 1 amide bonds. The van der Waals surface area contributed by atoms with Crippen molar-refractivity contribution in [3.63, 3.8) is 0 Å². The van der Waals surface area contributed by atoms with Crippen LogP contribution in [-0.2, 0) is 9.59 Å². The van der Waals surface area contributed by atoms with Crippen LogP contribution in [0, 0.1) is 0 Å². The molecule has 1 aromatic rings. The fourth-order valence-electron chi connectivity index (χ4n) is 1.48. The zero-order chi connectivity index (χ0) is 12.7. The van der Waals surface area contributed by atoms with E-state index in [2.05, 4.69) is 5.32 Å². The molecule has 94 valence electrons. The molecule has 5 nitrogen and oxygen atoms in total. The second kappa shape index (κ2) is 6.73. The van der Waals surface area contributed by atoms with Crippen molar-refractivity contribution < 1.29 is 19.1 Å². The number of rotatable bonds is 7. The van der Waals surface area contributed by atoms with Gasteiger partial charge in [0.15, 0.2) is 0 Å². The van der Waals surface area contributed by atoms with Gasteiger partial charge in [-0.05, 0) is 31.9 Å². The Bertz CT molecular complexity index is 359. The highest BCUT2D eigenvalue weighted by atomic mass is 16.4. The van der Waals surface area contributed by atoms with Crippen LogP contribution in [0.15, 0.2) is 22.8 Å². The van der Waals surface area contributed by atoms with Gasteiger partial charge in [-0.2, -0.15) is 0 Å². The summed E-state index contributed by atoms with van der Waals surface area (Å²) in [5.41, 5.74) is 0. The molecule has 0 fully saturated rings. The van der Waals surface area contributed by atoms with Crippen LogP contribution in [0.2, 0.25) is 0 Å². The molecule has 0 aliphatic carbocycles. The number of carbonyl (C=O) groups excluding carboxylic acids is 1. The van der Waals surface area contributed by atoms with Crippen molar-refractivity contribution in [3.05, 3.63) is 24.2 Å². The number of hydrogen-bond acceptors (Lipinski definition) is 3. The molecule has 17 heavy (non-hydrogen) atoms. The van der Waals surface area contributed by atoms with E-state index in [-0.39, 0.29) is 18.4 Å². The first kappa shape index (κ1) is 13.3. The summed E-state index contributed by atoms with van der Waals surface area (Å²) in [5.74, 6) is -0.197. The van der Waals surface area contributed by atoms with E-state index in [1.54, 1.807) is 18.4 Å². The molecule has 1 heterocycles. The summed E-state index contributed by atoms with van der Waals surface area (Å²) in [7, 11) is 0. The lowest BCUT2D eigenvalue weighted by atomic mass is 10.1. The Balaban J connectivity index is 2.19. The Labute approximate surface area is 99.8 Å². The average molecular weight is 239 g/mol. The number of aliphatic carboxylic acids is 1. The molecular weight excluding hydrogens is 222 g/mol. The smallest absolute Gasteiger partial charge is 0.303 e. The Morgan fingerprint density at radius 3 is 2.71 bits per heavy atom. The van der Waals surface area contributed by atoms with Gasteiger partial charge in [-0.15, -0.1) is 0 Å². The van der Waals surface area contributed by atoms with Crippen LogP contribution in [0.4, 0.5) is 0 Å². The molecule has 0 saturated heterocycles. The van der Waals surface area contributed by atoms with E-state index in [9.17, 15) is 9.59 Å². The zero-order valence-corrected chi connectivity index (χ0v) is 9.81. The minimum atomic E-state index is -0.825. The van der Waals surface area contributed by atoms with Crippen molar-refractivity contribution >= 4 is 11.9 Å². The fraction of sp³-hybridized carbons (Fsp3) is 0.500. The van der Waals surface area contributed by atoms with Crippen LogP contribution >= 0.6 is 0 Å². The lowest BCUT2D eigenvalue weighted by Gasteiger charge is -2.10. The van der Waals surface area contributed by atoms with Crippen LogP contribution in [0.5, 0.6) is 0 Å². The summed E-state index contributed by atoms with van der Waals surface area (Å²) in [5, 5.41) is 11.2. The molecule has 1 atom stereocenters. The summed E-state index contributed by atoms with van der Waals surface area (Å²) >= 11 is 0. The highest BCUT2D eigenvalue weighted by molar-refractivity contribution is 5.76. The predicted molar refractivity (Wildman–Crippen MR) is 61.4 cm³/mol. The maximum absolute atomic E-state index is 11.5. The Kier molecular flexibility index (Phi) is 5.26. The Morgan fingerprint density at radius 2 is 2.12 bits per heavy atom. The first-order valence-electron chi connectivity index (χ1n) is 5.64. The first-order valence-corrected chi connectivity index (χ1v) is 5.64. The van der Waals surface area contributed by atoms with E-state index < -0.39 is 5.97 Å². The highest BCUT2D eigenvalue weighted by Gasteiger charge is 2.11. The van der Waals surface area contributed by atoms with Crippen molar-refractivity contribution in [1.29, 1.82) is 0 Å². The van der Waals surface area contributed by atoms with Crippen molar-refractivity contribution in [2.24, 2.45) is 0 Å². The highest BCUT2D eigenvalue weighted by Crippen LogP contribution is 2.12. The third-order valence-electron chi connectivity index (χ3n) is 2.39. The number of amides is 1. The van der Waals surface area contributed by atoms with Gasteiger partial charge in [0.1, 0.15) is 5.76 Å². The molecule has 2 N–H and O–H groups in total. The van der Waals surface area contributed by atoms with Gasteiger partial charge in [-0.25, -0.2) is 0 Å². The van der Waals surface area contributed by atoms with Crippen molar-refractivity contribution in [1.82, 2.24) is 5.32 Å². The van der Waals surface area contributed by atoms with Crippen LogP contribution in [-0.4, -0.2) is 17.0 Å². The second-order valence-corrected chi connectivity index (χ2v) is 3.91. The molecule has 1 rings (SSSR count). The van der Waals surface area contributed by atoms with E-state index in [1.165, 1.54) is 0 Å². The molecule has 0 aliphatic heterocycles. The van der Waals surface area contributed by atoms with E-state index in [4.69, 9.17) is 9.52 Å². The summed E-state index contributed by atoms with van der Waals surface area (Å²) in [4.78, 5) is 21.8. The van der Waals surface area contributed by atoms with Crippen LogP contribution in [0.25, 0.3) is 0 Å². The SMILES string of the molecule is C[C@@H](NC(=O)CCCCC(=O)O)c1ccco1. The number of carboxylic acids is 1. The van der Waals surface area contributed by atoms with E-state index in [0.29, 0.717) is 25.0 Å². The molecule has 0 bridgehead atoms. The number of carboxylic acid groups (broad SMARTS) is 1. The van der Waals surface area contributed by atoms with Gasteiger partial charge in [0, 0.05) is 12.8 Å². The van der Waals surface area contributed by atoms with Gasteiger partial charge >= 0.3 is 5.97 Å². The topological polar surface area (TPSA) is 79.5 Å². The molecule has 0 spiro atoms. The lowest BCUT2D eigenvalue weighted by Crippen LogP contribution is -2.26. The zero-order valence-electron chi connectivity index (χ0n) is 9.81.